The van der Waals surface area contributed by atoms with Gasteiger partial charge in [0.15, 0.2) is 5.54 Å². The van der Waals surface area contributed by atoms with E-state index in [1.54, 1.807) is 0 Å². The number of carboxylic acid groups (broad SMARTS) is 1. The summed E-state index contributed by atoms with van der Waals surface area (Å²) in [4.78, 5) is 22.5. The maximum absolute atomic E-state index is 11.4. The Morgan fingerprint density at radius 1 is 1.56 bits per heavy atom. The van der Waals surface area contributed by atoms with E-state index in [0.717, 1.165) is 0 Å². The smallest absolute Gasteiger partial charge is 0.331 e. The fourth-order valence-electron chi connectivity index (χ4n) is 1.44. The number of amides is 1. The van der Waals surface area contributed by atoms with Crippen LogP contribution in [0.5, 0.6) is 0 Å². The first-order valence-corrected chi connectivity index (χ1v) is 4.87. The van der Waals surface area contributed by atoms with Gasteiger partial charge in [-0.3, -0.25) is 10.1 Å². The molecule has 0 aromatic rings. The first-order valence-electron chi connectivity index (χ1n) is 4.87. The summed E-state index contributed by atoms with van der Waals surface area (Å²) in [7, 11) is 0. The zero-order chi connectivity index (χ0) is 12.0. The molecule has 6 heteroatoms. The monoisotopic (exact) mass is 226 g/mol. The predicted molar refractivity (Wildman–Crippen MR) is 55.6 cm³/mol. The van der Waals surface area contributed by atoms with Crippen LogP contribution in [0.2, 0.25) is 0 Å². The van der Waals surface area contributed by atoms with Crippen LogP contribution in [-0.2, 0) is 14.3 Å². The van der Waals surface area contributed by atoms with Crippen molar-refractivity contribution in [3.05, 3.63) is 0 Å². The van der Waals surface area contributed by atoms with Gasteiger partial charge in [-0.1, -0.05) is 5.92 Å². The van der Waals surface area contributed by atoms with Crippen LogP contribution < -0.4 is 10.6 Å². The summed E-state index contributed by atoms with van der Waals surface area (Å²) in [6, 6.07) is 0. The highest BCUT2D eigenvalue weighted by atomic mass is 16.5. The third-order valence-electron chi connectivity index (χ3n) is 2.32. The number of carbonyl (C=O) groups excluding carboxylic acids is 1. The van der Waals surface area contributed by atoms with Crippen molar-refractivity contribution in [3.8, 4) is 12.3 Å². The van der Waals surface area contributed by atoms with Crippen LogP contribution in [0.1, 0.15) is 6.42 Å². The molecule has 0 radical (unpaired) electrons. The van der Waals surface area contributed by atoms with Gasteiger partial charge in [0.1, 0.15) is 0 Å². The SMILES string of the molecule is C#CCNCC(=O)NC1(C(=O)O)CCOC1. The van der Waals surface area contributed by atoms with Gasteiger partial charge in [-0.2, -0.15) is 0 Å². The number of terminal acetylenes is 1. The molecule has 88 valence electrons. The minimum absolute atomic E-state index is 0.000764. The van der Waals surface area contributed by atoms with E-state index in [0.29, 0.717) is 6.61 Å². The van der Waals surface area contributed by atoms with Crippen LogP contribution in [0.4, 0.5) is 0 Å². The first-order chi connectivity index (χ1) is 7.60. The summed E-state index contributed by atoms with van der Waals surface area (Å²) in [6.07, 6.45) is 5.28. The van der Waals surface area contributed by atoms with E-state index in [9.17, 15) is 9.59 Å². The standard InChI is InChI=1S/C10H14N2O4/c1-2-4-11-6-8(13)12-10(9(14)15)3-5-16-7-10/h1,11H,3-7H2,(H,12,13)(H,14,15). The Balaban J connectivity index is 2.47. The lowest BCUT2D eigenvalue weighted by Gasteiger charge is -2.23. The summed E-state index contributed by atoms with van der Waals surface area (Å²) in [5, 5.41) is 14.2. The molecule has 3 N–H and O–H groups in total. The zero-order valence-corrected chi connectivity index (χ0v) is 8.78. The molecule has 1 rings (SSSR count). The number of ether oxygens (including phenoxy) is 1. The number of rotatable bonds is 5. The van der Waals surface area contributed by atoms with Gasteiger partial charge in [0, 0.05) is 13.0 Å². The lowest BCUT2D eigenvalue weighted by Crippen LogP contribution is -2.56. The molecule has 1 saturated heterocycles. The second-order valence-electron chi connectivity index (χ2n) is 3.55. The van der Waals surface area contributed by atoms with Crippen molar-refractivity contribution >= 4 is 11.9 Å². The van der Waals surface area contributed by atoms with E-state index in [1.165, 1.54) is 0 Å². The van der Waals surface area contributed by atoms with E-state index >= 15 is 0 Å². The fraction of sp³-hybridized carbons (Fsp3) is 0.600. The number of carboxylic acids is 1. The molecular formula is C10H14N2O4. The minimum Gasteiger partial charge on any atom is -0.479 e. The van der Waals surface area contributed by atoms with Crippen molar-refractivity contribution in [2.24, 2.45) is 0 Å². The molecule has 0 aliphatic carbocycles. The lowest BCUT2D eigenvalue weighted by atomic mass is 9.99. The molecular weight excluding hydrogens is 212 g/mol. The predicted octanol–water partition coefficient (Wildman–Crippen LogP) is -1.43. The topological polar surface area (TPSA) is 87.7 Å². The van der Waals surface area contributed by atoms with Gasteiger partial charge in [-0.15, -0.1) is 6.42 Å². The molecule has 0 bridgehead atoms. The van der Waals surface area contributed by atoms with E-state index in [4.69, 9.17) is 16.3 Å². The highest BCUT2D eigenvalue weighted by Gasteiger charge is 2.43. The average Bonchev–Trinajstić information content (AvgIpc) is 2.68. The summed E-state index contributed by atoms with van der Waals surface area (Å²) in [6.45, 7) is 0.608. The van der Waals surface area contributed by atoms with Crippen LogP contribution in [0.25, 0.3) is 0 Å². The molecule has 1 atom stereocenters. The maximum atomic E-state index is 11.4. The number of aliphatic carboxylic acids is 1. The van der Waals surface area contributed by atoms with Crippen molar-refractivity contribution in [1.82, 2.24) is 10.6 Å². The van der Waals surface area contributed by atoms with Crippen LogP contribution in [0.15, 0.2) is 0 Å². The van der Waals surface area contributed by atoms with Gasteiger partial charge in [0.05, 0.1) is 19.7 Å². The number of nitrogens with one attached hydrogen (secondary N) is 2. The molecule has 1 amide bonds. The number of hydrogen-bond donors (Lipinski definition) is 3. The lowest BCUT2D eigenvalue weighted by molar-refractivity contribution is -0.147. The fourth-order valence-corrected chi connectivity index (χ4v) is 1.44. The van der Waals surface area contributed by atoms with Crippen molar-refractivity contribution in [2.45, 2.75) is 12.0 Å². The van der Waals surface area contributed by atoms with Gasteiger partial charge in [0.2, 0.25) is 5.91 Å². The van der Waals surface area contributed by atoms with Crippen molar-refractivity contribution < 1.29 is 19.4 Å². The summed E-state index contributed by atoms with van der Waals surface area (Å²) in [5.41, 5.74) is -1.28. The molecule has 1 unspecified atom stereocenters. The van der Waals surface area contributed by atoms with Crippen LogP contribution in [0, 0.1) is 12.3 Å². The average molecular weight is 226 g/mol. The Bertz CT molecular complexity index is 315. The van der Waals surface area contributed by atoms with Crippen molar-refractivity contribution in [3.63, 3.8) is 0 Å². The molecule has 0 spiro atoms. The Labute approximate surface area is 93.3 Å². The van der Waals surface area contributed by atoms with E-state index in [1.807, 2.05) is 0 Å². The van der Waals surface area contributed by atoms with Crippen LogP contribution in [0.3, 0.4) is 0 Å². The normalized spacial score (nSPS) is 23.7. The second kappa shape index (κ2) is 5.49. The van der Waals surface area contributed by atoms with Gasteiger partial charge in [-0.25, -0.2) is 4.79 Å². The molecule has 1 heterocycles. The molecule has 0 aromatic carbocycles. The maximum Gasteiger partial charge on any atom is 0.331 e. The molecule has 6 nitrogen and oxygen atoms in total. The van der Waals surface area contributed by atoms with Gasteiger partial charge >= 0.3 is 5.97 Å². The van der Waals surface area contributed by atoms with Crippen molar-refractivity contribution in [2.75, 3.05) is 26.3 Å². The summed E-state index contributed by atoms with van der Waals surface area (Å²) in [5.74, 6) is 0.843. The first kappa shape index (κ1) is 12.5. The number of carbonyl (C=O) groups is 2. The highest BCUT2D eigenvalue weighted by Crippen LogP contribution is 2.18. The van der Waals surface area contributed by atoms with E-state index in [-0.39, 0.29) is 26.1 Å². The Morgan fingerprint density at radius 3 is 2.81 bits per heavy atom. The third-order valence-corrected chi connectivity index (χ3v) is 2.32. The molecule has 1 aliphatic rings. The van der Waals surface area contributed by atoms with E-state index < -0.39 is 17.4 Å². The summed E-state index contributed by atoms with van der Waals surface area (Å²) >= 11 is 0. The molecule has 16 heavy (non-hydrogen) atoms. The molecule has 1 fully saturated rings. The Kier molecular flexibility index (Phi) is 4.28. The van der Waals surface area contributed by atoms with Crippen LogP contribution in [-0.4, -0.2) is 48.8 Å². The quantitative estimate of drug-likeness (QED) is 0.395. The van der Waals surface area contributed by atoms with Gasteiger partial charge < -0.3 is 15.2 Å². The molecule has 0 saturated carbocycles. The second-order valence-corrected chi connectivity index (χ2v) is 3.55. The molecule has 1 aliphatic heterocycles. The Morgan fingerprint density at radius 2 is 2.31 bits per heavy atom. The van der Waals surface area contributed by atoms with Crippen LogP contribution >= 0.6 is 0 Å². The van der Waals surface area contributed by atoms with Gasteiger partial charge in [-0.05, 0) is 0 Å². The Hall–Kier alpha value is -1.58. The summed E-state index contributed by atoms with van der Waals surface area (Å²) < 4.78 is 5.00. The minimum atomic E-state index is -1.28. The van der Waals surface area contributed by atoms with Crippen molar-refractivity contribution in [1.29, 1.82) is 0 Å². The zero-order valence-electron chi connectivity index (χ0n) is 8.78. The molecule has 0 aromatic heterocycles. The van der Waals surface area contributed by atoms with E-state index in [2.05, 4.69) is 16.6 Å². The largest absolute Gasteiger partial charge is 0.479 e. The number of hydrogen-bond acceptors (Lipinski definition) is 4. The van der Waals surface area contributed by atoms with Gasteiger partial charge in [0.25, 0.3) is 0 Å². The highest BCUT2D eigenvalue weighted by molar-refractivity contribution is 5.88. The third kappa shape index (κ3) is 2.95.